The second-order valence-corrected chi connectivity index (χ2v) is 6.82. The Labute approximate surface area is 145 Å². The van der Waals surface area contributed by atoms with Crippen molar-refractivity contribution in [2.24, 2.45) is 0 Å². The molecule has 1 aliphatic rings. The van der Waals surface area contributed by atoms with Crippen molar-refractivity contribution in [2.45, 2.75) is 39.0 Å². The summed E-state index contributed by atoms with van der Waals surface area (Å²) in [5, 5.41) is 0. The van der Waals surface area contributed by atoms with E-state index >= 15 is 0 Å². The molecule has 2 rings (SSSR count). The highest BCUT2D eigenvalue weighted by atomic mass is 19.4. The van der Waals surface area contributed by atoms with Gasteiger partial charge in [-0.2, -0.15) is 13.2 Å². The highest BCUT2D eigenvalue weighted by Gasteiger charge is 2.32. The second-order valence-electron chi connectivity index (χ2n) is 6.82. The summed E-state index contributed by atoms with van der Waals surface area (Å²) in [6, 6.07) is 3.45. The zero-order chi connectivity index (χ0) is 18.8. The number of nitrogens with zero attached hydrogens (tertiary/aromatic N) is 1. The molecule has 0 saturated carbocycles. The van der Waals surface area contributed by atoms with Gasteiger partial charge in [-0.25, -0.2) is 4.79 Å². The summed E-state index contributed by atoms with van der Waals surface area (Å²) < 4.78 is 48.9. The summed E-state index contributed by atoms with van der Waals surface area (Å²) in [5.41, 5.74) is 0.141. The van der Waals surface area contributed by atoms with Gasteiger partial charge in [0.2, 0.25) is 0 Å². The van der Waals surface area contributed by atoms with Crippen LogP contribution in [0.25, 0.3) is 5.57 Å². The van der Waals surface area contributed by atoms with Gasteiger partial charge in [0, 0.05) is 18.7 Å². The van der Waals surface area contributed by atoms with Crippen LogP contribution in [0.2, 0.25) is 0 Å². The number of rotatable bonds is 2. The molecule has 1 amide bonds. The van der Waals surface area contributed by atoms with Crippen LogP contribution in [-0.2, 0) is 10.9 Å². The number of benzene rings is 1. The maximum absolute atomic E-state index is 12.8. The molecule has 7 heteroatoms. The van der Waals surface area contributed by atoms with Crippen LogP contribution in [0, 0.1) is 0 Å². The third-order valence-corrected chi connectivity index (χ3v) is 3.74. The van der Waals surface area contributed by atoms with Gasteiger partial charge in [-0.1, -0.05) is 12.1 Å². The smallest absolute Gasteiger partial charge is 0.416 e. The van der Waals surface area contributed by atoms with Crippen LogP contribution in [0.3, 0.4) is 0 Å². The van der Waals surface area contributed by atoms with Crippen molar-refractivity contribution in [3.8, 4) is 5.75 Å². The Hall–Kier alpha value is -2.18. The summed E-state index contributed by atoms with van der Waals surface area (Å²) in [7, 11) is 1.34. The zero-order valence-corrected chi connectivity index (χ0v) is 14.7. The van der Waals surface area contributed by atoms with Crippen molar-refractivity contribution < 1.29 is 27.4 Å². The van der Waals surface area contributed by atoms with Crippen LogP contribution < -0.4 is 4.74 Å². The Morgan fingerprint density at radius 1 is 1.20 bits per heavy atom. The van der Waals surface area contributed by atoms with Gasteiger partial charge in [-0.15, -0.1) is 0 Å². The third kappa shape index (κ3) is 4.90. The molecule has 0 fully saturated rings. The molecule has 25 heavy (non-hydrogen) atoms. The first-order valence-electron chi connectivity index (χ1n) is 7.94. The monoisotopic (exact) mass is 357 g/mol. The van der Waals surface area contributed by atoms with Gasteiger partial charge in [0.05, 0.1) is 12.7 Å². The first kappa shape index (κ1) is 19.1. The van der Waals surface area contributed by atoms with E-state index < -0.39 is 23.4 Å². The van der Waals surface area contributed by atoms with Crippen molar-refractivity contribution in [3.05, 3.63) is 35.4 Å². The van der Waals surface area contributed by atoms with Gasteiger partial charge in [0.15, 0.2) is 0 Å². The van der Waals surface area contributed by atoms with E-state index in [4.69, 9.17) is 9.47 Å². The largest absolute Gasteiger partial charge is 0.496 e. The number of carbonyl (C=O) groups is 1. The summed E-state index contributed by atoms with van der Waals surface area (Å²) in [5.74, 6) is 0.173. The van der Waals surface area contributed by atoms with E-state index in [0.717, 1.165) is 17.7 Å². The minimum Gasteiger partial charge on any atom is -0.496 e. The molecule has 1 aromatic carbocycles. The molecule has 0 spiro atoms. The average molecular weight is 357 g/mol. The fourth-order valence-corrected chi connectivity index (χ4v) is 2.54. The lowest BCUT2D eigenvalue weighted by Gasteiger charge is -2.30. The summed E-state index contributed by atoms with van der Waals surface area (Å²) >= 11 is 0. The molecule has 138 valence electrons. The topological polar surface area (TPSA) is 38.8 Å². The lowest BCUT2D eigenvalue weighted by molar-refractivity contribution is -0.137. The molecular formula is C18H22F3NO3. The van der Waals surface area contributed by atoms with Crippen LogP contribution in [0.1, 0.15) is 38.3 Å². The molecule has 0 unspecified atom stereocenters. The normalized spacial score (nSPS) is 15.6. The van der Waals surface area contributed by atoms with Crippen molar-refractivity contribution in [1.82, 2.24) is 4.90 Å². The summed E-state index contributed by atoms with van der Waals surface area (Å²) in [6.45, 7) is 6.16. The van der Waals surface area contributed by atoms with Gasteiger partial charge in [0.1, 0.15) is 11.4 Å². The van der Waals surface area contributed by atoms with E-state index in [1.165, 1.54) is 13.2 Å². The van der Waals surface area contributed by atoms with Crippen molar-refractivity contribution in [1.29, 1.82) is 0 Å². The van der Waals surface area contributed by atoms with Gasteiger partial charge in [-0.05, 0) is 44.9 Å². The van der Waals surface area contributed by atoms with E-state index in [1.54, 1.807) is 25.7 Å². The first-order valence-corrected chi connectivity index (χ1v) is 7.94. The molecule has 1 aromatic rings. The highest BCUT2D eigenvalue weighted by molar-refractivity contribution is 5.75. The first-order chi connectivity index (χ1) is 11.5. The molecule has 0 atom stereocenters. The van der Waals surface area contributed by atoms with Crippen molar-refractivity contribution in [2.75, 3.05) is 20.2 Å². The number of halogens is 3. The molecule has 0 radical (unpaired) electrons. The minimum atomic E-state index is -4.42. The Morgan fingerprint density at radius 2 is 1.88 bits per heavy atom. The molecule has 1 heterocycles. The fourth-order valence-electron chi connectivity index (χ4n) is 2.54. The van der Waals surface area contributed by atoms with Crippen LogP contribution >= 0.6 is 0 Å². The lowest BCUT2D eigenvalue weighted by atomic mass is 9.97. The molecule has 1 aliphatic heterocycles. The Kier molecular flexibility index (Phi) is 5.34. The molecule has 0 aromatic heterocycles. The molecule has 0 bridgehead atoms. The van der Waals surface area contributed by atoms with Crippen LogP contribution in [0.15, 0.2) is 24.3 Å². The van der Waals surface area contributed by atoms with Crippen molar-refractivity contribution >= 4 is 11.7 Å². The highest BCUT2D eigenvalue weighted by Crippen LogP contribution is 2.36. The molecule has 0 saturated heterocycles. The van der Waals surface area contributed by atoms with Crippen LogP contribution in [0.5, 0.6) is 5.75 Å². The van der Waals surface area contributed by atoms with Gasteiger partial charge in [0.25, 0.3) is 0 Å². The molecular weight excluding hydrogens is 335 g/mol. The quantitative estimate of drug-likeness (QED) is 0.767. The van der Waals surface area contributed by atoms with Gasteiger partial charge >= 0.3 is 12.3 Å². The Bertz CT molecular complexity index is 675. The number of hydrogen-bond acceptors (Lipinski definition) is 3. The number of alkyl halides is 3. The van der Waals surface area contributed by atoms with E-state index in [-0.39, 0.29) is 5.75 Å². The summed E-state index contributed by atoms with van der Waals surface area (Å²) in [6.07, 6.45) is -2.48. The SMILES string of the molecule is COc1cc(C(F)(F)F)ccc1C1=CCN(C(=O)OC(C)(C)C)CC1. The van der Waals surface area contributed by atoms with Crippen molar-refractivity contribution in [3.63, 3.8) is 0 Å². The number of hydrogen-bond donors (Lipinski definition) is 0. The molecule has 4 nitrogen and oxygen atoms in total. The maximum atomic E-state index is 12.8. The average Bonchev–Trinajstić information content (AvgIpc) is 2.52. The predicted molar refractivity (Wildman–Crippen MR) is 88.4 cm³/mol. The Balaban J connectivity index is 2.17. The van der Waals surface area contributed by atoms with E-state index in [1.807, 2.05) is 6.08 Å². The number of methoxy groups -OCH3 is 1. The Morgan fingerprint density at radius 3 is 2.36 bits per heavy atom. The van der Waals surface area contributed by atoms with E-state index in [0.29, 0.717) is 25.1 Å². The fraction of sp³-hybridized carbons (Fsp3) is 0.500. The number of amides is 1. The second kappa shape index (κ2) is 6.98. The zero-order valence-electron chi connectivity index (χ0n) is 14.7. The lowest BCUT2D eigenvalue weighted by Crippen LogP contribution is -2.39. The minimum absolute atomic E-state index is 0.173. The third-order valence-electron chi connectivity index (χ3n) is 3.74. The van der Waals surface area contributed by atoms with E-state index in [2.05, 4.69) is 0 Å². The summed E-state index contributed by atoms with van der Waals surface area (Å²) in [4.78, 5) is 13.6. The van der Waals surface area contributed by atoms with Gasteiger partial charge in [-0.3, -0.25) is 0 Å². The van der Waals surface area contributed by atoms with Crippen LogP contribution in [0.4, 0.5) is 18.0 Å². The maximum Gasteiger partial charge on any atom is 0.416 e. The van der Waals surface area contributed by atoms with Crippen LogP contribution in [-0.4, -0.2) is 36.8 Å². The van der Waals surface area contributed by atoms with E-state index in [9.17, 15) is 18.0 Å². The van der Waals surface area contributed by atoms with Gasteiger partial charge < -0.3 is 14.4 Å². The standard InChI is InChI=1S/C18H22F3NO3/c1-17(2,3)25-16(23)22-9-7-12(8-10-22)14-6-5-13(18(19,20)21)11-15(14)24-4/h5-7,11H,8-10H2,1-4H3. The number of ether oxygens (including phenoxy) is 2. The molecule has 0 N–H and O–H groups in total. The number of carbonyl (C=O) groups excluding carboxylic acids is 1. The molecule has 0 aliphatic carbocycles. The predicted octanol–water partition coefficient (Wildman–Crippen LogP) is 4.74.